The first-order valence-electron chi connectivity index (χ1n) is 8.97. The van der Waals surface area contributed by atoms with Gasteiger partial charge < -0.3 is 10.6 Å². The number of anilines is 3. The Labute approximate surface area is 157 Å². The van der Waals surface area contributed by atoms with Gasteiger partial charge in [-0.15, -0.1) is 11.3 Å². The van der Waals surface area contributed by atoms with Gasteiger partial charge in [0.05, 0.1) is 5.69 Å². The maximum Gasteiger partial charge on any atom is 0.325 e. The van der Waals surface area contributed by atoms with Crippen LogP contribution in [0, 0.1) is 5.92 Å². The third kappa shape index (κ3) is 4.82. The molecule has 0 fully saturated rings. The van der Waals surface area contributed by atoms with Gasteiger partial charge in [-0.25, -0.2) is 9.78 Å². The first-order valence-corrected chi connectivity index (χ1v) is 9.79. The van der Waals surface area contributed by atoms with E-state index in [0.717, 1.165) is 24.5 Å². The van der Waals surface area contributed by atoms with Crippen LogP contribution in [0.15, 0.2) is 24.3 Å². The molecule has 0 bridgehead atoms. The maximum absolute atomic E-state index is 12.2. The Morgan fingerprint density at radius 2 is 1.85 bits per heavy atom. The van der Waals surface area contributed by atoms with E-state index in [1.807, 2.05) is 0 Å². The Kier molecular flexibility index (Phi) is 5.88. The summed E-state index contributed by atoms with van der Waals surface area (Å²) < 4.78 is 0. The topological polar surface area (TPSA) is 83.1 Å². The molecule has 3 rings (SSSR count). The Hall–Kier alpha value is -2.41. The van der Waals surface area contributed by atoms with E-state index < -0.39 is 0 Å². The molecule has 0 spiro atoms. The Bertz CT molecular complexity index is 785. The molecule has 6 nitrogen and oxygen atoms in total. The van der Waals surface area contributed by atoms with E-state index in [9.17, 15) is 9.59 Å². The van der Waals surface area contributed by atoms with Crippen LogP contribution < -0.4 is 16.0 Å². The van der Waals surface area contributed by atoms with Gasteiger partial charge in [0.1, 0.15) is 0 Å². The van der Waals surface area contributed by atoms with Crippen molar-refractivity contribution in [3.05, 3.63) is 34.8 Å². The lowest BCUT2D eigenvalue weighted by molar-refractivity contribution is -0.114. The van der Waals surface area contributed by atoms with Gasteiger partial charge in [-0.1, -0.05) is 19.8 Å². The molecule has 138 valence electrons. The number of fused-ring (bicyclic) bond motifs is 1. The number of hydrogen-bond acceptors (Lipinski definition) is 4. The number of aromatic nitrogens is 1. The van der Waals surface area contributed by atoms with Crippen molar-refractivity contribution in [2.45, 2.75) is 46.0 Å². The van der Waals surface area contributed by atoms with Crippen LogP contribution in [0.3, 0.4) is 0 Å². The standard InChI is InChI=1S/C19H24N4O2S/c1-3-4-13-5-10-16-17(11-13)26-19(22-16)23-18(25)21-15-8-6-14(7-9-15)20-12(2)24/h6-9,13H,3-5,10-11H2,1-2H3,(H,20,24)(H2,21,22,23,25). The van der Waals surface area contributed by atoms with E-state index in [1.54, 1.807) is 35.6 Å². The molecule has 1 unspecified atom stereocenters. The van der Waals surface area contributed by atoms with E-state index >= 15 is 0 Å². The summed E-state index contributed by atoms with van der Waals surface area (Å²) in [5.74, 6) is 0.620. The summed E-state index contributed by atoms with van der Waals surface area (Å²) in [7, 11) is 0. The molecule has 1 aliphatic rings. The Morgan fingerprint density at radius 3 is 2.50 bits per heavy atom. The summed E-state index contributed by atoms with van der Waals surface area (Å²) in [5.41, 5.74) is 2.48. The van der Waals surface area contributed by atoms with Crippen LogP contribution in [0.25, 0.3) is 0 Å². The van der Waals surface area contributed by atoms with Gasteiger partial charge in [-0.2, -0.15) is 0 Å². The minimum atomic E-state index is -0.312. The lowest BCUT2D eigenvalue weighted by atomic mass is 9.88. The minimum absolute atomic E-state index is 0.127. The van der Waals surface area contributed by atoms with Crippen molar-refractivity contribution in [1.29, 1.82) is 0 Å². The number of rotatable bonds is 5. The molecule has 7 heteroatoms. The minimum Gasteiger partial charge on any atom is -0.326 e. The summed E-state index contributed by atoms with van der Waals surface area (Å²) in [5, 5.41) is 8.96. The molecular formula is C19H24N4O2S. The fraction of sp³-hybridized carbons (Fsp3) is 0.421. The number of hydrogen-bond donors (Lipinski definition) is 3. The molecule has 3 amide bonds. The number of nitrogens with one attached hydrogen (secondary N) is 3. The smallest absolute Gasteiger partial charge is 0.325 e. The molecule has 1 aromatic carbocycles. The van der Waals surface area contributed by atoms with Crippen molar-refractivity contribution in [1.82, 2.24) is 4.98 Å². The molecule has 0 saturated heterocycles. The first kappa shape index (κ1) is 18.4. The van der Waals surface area contributed by atoms with Crippen molar-refractivity contribution in [2.24, 2.45) is 5.92 Å². The lowest BCUT2D eigenvalue weighted by Crippen LogP contribution is -2.19. The monoisotopic (exact) mass is 372 g/mol. The van der Waals surface area contributed by atoms with E-state index in [0.29, 0.717) is 16.5 Å². The molecule has 3 N–H and O–H groups in total. The molecule has 26 heavy (non-hydrogen) atoms. The van der Waals surface area contributed by atoms with Gasteiger partial charge >= 0.3 is 6.03 Å². The summed E-state index contributed by atoms with van der Waals surface area (Å²) in [6, 6.07) is 6.66. The van der Waals surface area contributed by atoms with Crippen molar-refractivity contribution < 1.29 is 9.59 Å². The molecular weight excluding hydrogens is 348 g/mol. The van der Waals surface area contributed by atoms with Gasteiger partial charge in [-0.3, -0.25) is 10.1 Å². The van der Waals surface area contributed by atoms with Crippen LogP contribution in [-0.2, 0) is 17.6 Å². The number of aryl methyl sites for hydroxylation is 1. The van der Waals surface area contributed by atoms with E-state index in [-0.39, 0.29) is 11.9 Å². The van der Waals surface area contributed by atoms with Crippen molar-refractivity contribution >= 4 is 39.8 Å². The van der Waals surface area contributed by atoms with Crippen LogP contribution in [0.1, 0.15) is 43.7 Å². The first-order chi connectivity index (χ1) is 12.5. The summed E-state index contributed by atoms with van der Waals surface area (Å²) in [6.45, 7) is 3.68. The number of nitrogens with zero attached hydrogens (tertiary/aromatic N) is 1. The highest BCUT2D eigenvalue weighted by atomic mass is 32.1. The number of benzene rings is 1. The SMILES string of the molecule is CCCC1CCc2nc(NC(=O)Nc3ccc(NC(C)=O)cc3)sc2C1. The molecule has 0 radical (unpaired) electrons. The number of thiazole rings is 1. The van der Waals surface area contributed by atoms with Gasteiger partial charge in [0.15, 0.2) is 5.13 Å². The van der Waals surface area contributed by atoms with Gasteiger partial charge in [-0.05, 0) is 49.4 Å². The molecule has 0 aliphatic heterocycles. The summed E-state index contributed by atoms with van der Waals surface area (Å²) in [4.78, 5) is 29.1. The Balaban J connectivity index is 1.56. The second kappa shape index (κ2) is 8.31. The lowest BCUT2D eigenvalue weighted by Gasteiger charge is -2.19. The van der Waals surface area contributed by atoms with E-state index in [2.05, 4.69) is 27.9 Å². The normalized spacial score (nSPS) is 15.8. The van der Waals surface area contributed by atoms with Gasteiger partial charge in [0.25, 0.3) is 0 Å². The molecule has 1 heterocycles. The van der Waals surface area contributed by atoms with Crippen molar-refractivity contribution in [2.75, 3.05) is 16.0 Å². The highest BCUT2D eigenvalue weighted by Gasteiger charge is 2.22. The fourth-order valence-electron chi connectivity index (χ4n) is 3.25. The van der Waals surface area contributed by atoms with E-state index in [4.69, 9.17) is 0 Å². The van der Waals surface area contributed by atoms with Crippen LogP contribution >= 0.6 is 11.3 Å². The molecule has 1 atom stereocenters. The fourth-order valence-corrected chi connectivity index (χ4v) is 4.37. The third-order valence-electron chi connectivity index (χ3n) is 4.42. The second-order valence-electron chi connectivity index (χ2n) is 6.62. The number of amides is 3. The molecule has 1 aromatic heterocycles. The third-order valence-corrected chi connectivity index (χ3v) is 5.46. The van der Waals surface area contributed by atoms with E-state index in [1.165, 1.54) is 31.1 Å². The average Bonchev–Trinajstić information content (AvgIpc) is 2.97. The molecule has 1 aliphatic carbocycles. The Morgan fingerprint density at radius 1 is 1.15 bits per heavy atom. The predicted octanol–water partition coefficient (Wildman–Crippen LogP) is 4.65. The highest BCUT2D eigenvalue weighted by Crippen LogP contribution is 2.34. The average molecular weight is 372 g/mol. The number of urea groups is 1. The summed E-state index contributed by atoms with van der Waals surface area (Å²) >= 11 is 1.58. The van der Waals surface area contributed by atoms with Gasteiger partial charge in [0.2, 0.25) is 5.91 Å². The predicted molar refractivity (Wildman–Crippen MR) is 106 cm³/mol. The van der Waals surface area contributed by atoms with Gasteiger partial charge in [0, 0.05) is 23.2 Å². The maximum atomic E-state index is 12.2. The number of carbonyl (C=O) groups is 2. The van der Waals surface area contributed by atoms with Crippen LogP contribution in [0.5, 0.6) is 0 Å². The molecule has 2 aromatic rings. The quantitative estimate of drug-likeness (QED) is 0.714. The number of carbonyl (C=O) groups excluding carboxylic acids is 2. The summed E-state index contributed by atoms with van der Waals surface area (Å²) in [6.07, 6.45) is 5.75. The van der Waals surface area contributed by atoms with Crippen LogP contribution in [-0.4, -0.2) is 16.9 Å². The zero-order valence-corrected chi connectivity index (χ0v) is 15.9. The molecule has 0 saturated carbocycles. The van der Waals surface area contributed by atoms with Crippen molar-refractivity contribution in [3.8, 4) is 0 Å². The zero-order chi connectivity index (χ0) is 18.5. The zero-order valence-electron chi connectivity index (χ0n) is 15.1. The largest absolute Gasteiger partial charge is 0.326 e. The second-order valence-corrected chi connectivity index (χ2v) is 7.71. The van der Waals surface area contributed by atoms with Crippen LogP contribution in [0.2, 0.25) is 0 Å². The highest BCUT2D eigenvalue weighted by molar-refractivity contribution is 7.15. The van der Waals surface area contributed by atoms with Crippen LogP contribution in [0.4, 0.5) is 21.3 Å². The van der Waals surface area contributed by atoms with Crippen molar-refractivity contribution in [3.63, 3.8) is 0 Å².